The number of ether oxygens (including phenoxy) is 1. The minimum Gasteiger partial charge on any atom is -0.437 e. The van der Waals surface area contributed by atoms with E-state index in [0.29, 0.717) is 21.8 Å². The first-order valence-electron chi connectivity index (χ1n) is 6.16. The smallest absolute Gasteiger partial charge is 0.225 e. The van der Waals surface area contributed by atoms with Crippen LogP contribution in [0.25, 0.3) is 0 Å². The van der Waals surface area contributed by atoms with Gasteiger partial charge in [0.2, 0.25) is 5.88 Å². The molecule has 0 saturated carbocycles. The van der Waals surface area contributed by atoms with E-state index >= 15 is 0 Å². The van der Waals surface area contributed by atoms with Gasteiger partial charge in [0.05, 0.1) is 11.2 Å². The molecular weight excluding hydrogens is 296 g/mol. The molecule has 0 spiro atoms. The number of halogens is 1. The van der Waals surface area contributed by atoms with E-state index in [4.69, 9.17) is 16.3 Å². The van der Waals surface area contributed by atoms with E-state index in [1.54, 1.807) is 24.5 Å². The second-order valence-corrected chi connectivity index (χ2v) is 5.16. The Morgan fingerprint density at radius 3 is 2.85 bits per heavy atom. The lowest BCUT2D eigenvalue weighted by Crippen LogP contribution is -2.04. The summed E-state index contributed by atoms with van der Waals surface area (Å²) >= 11 is 7.34. The summed E-state index contributed by atoms with van der Waals surface area (Å²) in [4.78, 5) is 12.6. The Labute approximate surface area is 127 Å². The molecule has 0 aliphatic rings. The van der Waals surface area contributed by atoms with Crippen molar-refractivity contribution in [1.82, 2.24) is 15.0 Å². The van der Waals surface area contributed by atoms with Crippen LogP contribution >= 0.6 is 23.4 Å². The number of anilines is 1. The van der Waals surface area contributed by atoms with E-state index in [2.05, 4.69) is 27.2 Å². The van der Waals surface area contributed by atoms with Crippen LogP contribution in [-0.2, 0) is 0 Å². The zero-order chi connectivity index (χ0) is 14.4. The maximum atomic E-state index is 5.88. The predicted octanol–water partition coefficient (Wildman–Crippen LogP) is 3.86. The Morgan fingerprint density at radius 2 is 2.15 bits per heavy atom. The van der Waals surface area contributed by atoms with Gasteiger partial charge in [-0.2, -0.15) is 4.98 Å². The van der Waals surface area contributed by atoms with Gasteiger partial charge in [0.15, 0.2) is 5.16 Å². The van der Waals surface area contributed by atoms with Crippen molar-refractivity contribution in [3.05, 3.63) is 29.5 Å². The molecule has 1 N–H and O–H groups in total. The van der Waals surface area contributed by atoms with E-state index in [1.807, 2.05) is 6.26 Å². The van der Waals surface area contributed by atoms with Gasteiger partial charge in [-0.15, -0.1) is 0 Å². The van der Waals surface area contributed by atoms with Crippen molar-refractivity contribution in [3.63, 3.8) is 0 Å². The molecule has 106 valence electrons. The molecule has 2 rings (SSSR count). The molecule has 0 unspecified atom stereocenters. The summed E-state index contributed by atoms with van der Waals surface area (Å²) in [5, 5.41) is 4.39. The van der Waals surface area contributed by atoms with Gasteiger partial charge in [-0.3, -0.25) is 4.98 Å². The molecule has 0 saturated heterocycles. The van der Waals surface area contributed by atoms with Crippen molar-refractivity contribution in [2.75, 3.05) is 18.1 Å². The van der Waals surface area contributed by atoms with Gasteiger partial charge in [-0.25, -0.2) is 4.98 Å². The van der Waals surface area contributed by atoms with E-state index in [9.17, 15) is 0 Å². The molecule has 20 heavy (non-hydrogen) atoms. The normalized spacial score (nSPS) is 10.3. The summed E-state index contributed by atoms with van der Waals surface area (Å²) in [5.41, 5.74) is 0. The number of thioether (sulfide) groups is 1. The SMILES string of the molecule is CCCNc1cc(Oc2cncc(Cl)c2)nc(SC)n1. The molecule has 2 heterocycles. The van der Waals surface area contributed by atoms with Gasteiger partial charge in [0.25, 0.3) is 0 Å². The quantitative estimate of drug-likeness (QED) is 0.646. The van der Waals surface area contributed by atoms with Crippen LogP contribution in [0.1, 0.15) is 13.3 Å². The van der Waals surface area contributed by atoms with Gasteiger partial charge < -0.3 is 10.1 Å². The van der Waals surface area contributed by atoms with Crippen molar-refractivity contribution < 1.29 is 4.74 Å². The molecule has 2 aromatic heterocycles. The third-order valence-electron chi connectivity index (χ3n) is 2.32. The Morgan fingerprint density at radius 1 is 1.30 bits per heavy atom. The van der Waals surface area contributed by atoms with Crippen LogP contribution in [0, 0.1) is 0 Å². The number of aromatic nitrogens is 3. The number of rotatable bonds is 6. The molecule has 7 heteroatoms. The molecular formula is C13H15ClN4OS. The first-order valence-corrected chi connectivity index (χ1v) is 7.77. The Hall–Kier alpha value is -1.53. The van der Waals surface area contributed by atoms with Gasteiger partial charge >= 0.3 is 0 Å². The lowest BCUT2D eigenvalue weighted by molar-refractivity contribution is 0.454. The minimum absolute atomic E-state index is 0.465. The highest BCUT2D eigenvalue weighted by Crippen LogP contribution is 2.25. The van der Waals surface area contributed by atoms with Crippen LogP contribution in [0.3, 0.4) is 0 Å². The topological polar surface area (TPSA) is 59.9 Å². The fraction of sp³-hybridized carbons (Fsp3) is 0.308. The molecule has 2 aromatic rings. The zero-order valence-electron chi connectivity index (χ0n) is 11.3. The first kappa shape index (κ1) is 14.9. The number of hydrogen-bond donors (Lipinski definition) is 1. The van der Waals surface area contributed by atoms with E-state index in [-0.39, 0.29) is 0 Å². The van der Waals surface area contributed by atoms with E-state index in [0.717, 1.165) is 18.8 Å². The molecule has 0 bridgehead atoms. The second-order valence-electron chi connectivity index (χ2n) is 3.95. The molecule has 0 fully saturated rings. The Kier molecular flexibility index (Phi) is 5.43. The average Bonchev–Trinajstić information content (AvgIpc) is 2.45. The fourth-order valence-electron chi connectivity index (χ4n) is 1.46. The maximum Gasteiger partial charge on any atom is 0.225 e. The lowest BCUT2D eigenvalue weighted by atomic mass is 10.4. The van der Waals surface area contributed by atoms with Crippen molar-refractivity contribution in [2.24, 2.45) is 0 Å². The molecule has 5 nitrogen and oxygen atoms in total. The summed E-state index contributed by atoms with van der Waals surface area (Å²) in [6.07, 6.45) is 6.08. The van der Waals surface area contributed by atoms with Crippen molar-refractivity contribution in [1.29, 1.82) is 0 Å². The summed E-state index contributed by atoms with van der Waals surface area (Å²) in [7, 11) is 0. The molecule has 0 radical (unpaired) electrons. The third kappa shape index (κ3) is 4.25. The van der Waals surface area contributed by atoms with E-state index < -0.39 is 0 Å². The van der Waals surface area contributed by atoms with Crippen molar-refractivity contribution in [3.8, 4) is 11.6 Å². The van der Waals surface area contributed by atoms with Crippen LogP contribution in [-0.4, -0.2) is 27.8 Å². The lowest BCUT2D eigenvalue weighted by Gasteiger charge is -2.09. The fourth-order valence-corrected chi connectivity index (χ4v) is 1.99. The third-order valence-corrected chi connectivity index (χ3v) is 3.08. The second kappa shape index (κ2) is 7.31. The van der Waals surface area contributed by atoms with Gasteiger partial charge in [0.1, 0.15) is 11.6 Å². The standard InChI is InChI=1S/C13H15ClN4OS/c1-3-4-16-11-6-12(18-13(17-11)20-2)19-10-5-9(14)7-15-8-10/h5-8H,3-4H2,1-2H3,(H,16,17,18). The summed E-state index contributed by atoms with van der Waals surface area (Å²) in [5.74, 6) is 1.76. The number of nitrogens with zero attached hydrogens (tertiary/aromatic N) is 3. The van der Waals surface area contributed by atoms with Crippen molar-refractivity contribution in [2.45, 2.75) is 18.5 Å². The molecule has 0 atom stereocenters. The van der Waals surface area contributed by atoms with Crippen LogP contribution in [0.15, 0.2) is 29.7 Å². The summed E-state index contributed by atoms with van der Waals surface area (Å²) in [6, 6.07) is 3.45. The first-order chi connectivity index (χ1) is 9.71. The molecule has 0 aromatic carbocycles. The van der Waals surface area contributed by atoms with Crippen LogP contribution < -0.4 is 10.1 Å². The Bertz CT molecular complexity index is 582. The number of nitrogens with one attached hydrogen (secondary N) is 1. The van der Waals surface area contributed by atoms with Crippen molar-refractivity contribution >= 4 is 29.2 Å². The number of pyridine rings is 1. The largest absolute Gasteiger partial charge is 0.437 e. The highest BCUT2D eigenvalue weighted by Gasteiger charge is 2.06. The highest BCUT2D eigenvalue weighted by atomic mass is 35.5. The van der Waals surface area contributed by atoms with Gasteiger partial charge in [-0.05, 0) is 12.7 Å². The zero-order valence-corrected chi connectivity index (χ0v) is 12.8. The molecule has 0 aliphatic heterocycles. The summed E-state index contributed by atoms with van der Waals surface area (Å²) in [6.45, 7) is 2.95. The van der Waals surface area contributed by atoms with E-state index in [1.165, 1.54) is 11.8 Å². The molecule has 0 amide bonds. The van der Waals surface area contributed by atoms with Crippen LogP contribution in [0.2, 0.25) is 5.02 Å². The number of hydrogen-bond acceptors (Lipinski definition) is 6. The minimum atomic E-state index is 0.465. The van der Waals surface area contributed by atoms with Crippen LogP contribution in [0.5, 0.6) is 11.6 Å². The van der Waals surface area contributed by atoms with Gasteiger partial charge in [0, 0.05) is 24.9 Å². The van der Waals surface area contributed by atoms with Gasteiger partial charge in [-0.1, -0.05) is 30.3 Å². The molecule has 0 aliphatic carbocycles. The maximum absolute atomic E-state index is 5.88. The predicted molar refractivity (Wildman–Crippen MR) is 81.9 cm³/mol. The average molecular weight is 311 g/mol. The summed E-state index contributed by atoms with van der Waals surface area (Å²) < 4.78 is 5.67. The Balaban J connectivity index is 2.21. The monoisotopic (exact) mass is 310 g/mol. The van der Waals surface area contributed by atoms with Crippen LogP contribution in [0.4, 0.5) is 5.82 Å². The highest BCUT2D eigenvalue weighted by molar-refractivity contribution is 7.98.